The zero-order chi connectivity index (χ0) is 24.1. The predicted molar refractivity (Wildman–Crippen MR) is 132 cm³/mol. The summed E-state index contributed by atoms with van der Waals surface area (Å²) in [6.45, 7) is 14.0. The van der Waals surface area contributed by atoms with Crippen LogP contribution in [0.2, 0.25) is 0 Å². The number of aliphatic hydroxyl groups excluding tert-OH is 3. The lowest BCUT2D eigenvalue weighted by Gasteiger charge is -2.30. The van der Waals surface area contributed by atoms with Crippen molar-refractivity contribution < 1.29 is 20.1 Å². The first-order chi connectivity index (χ1) is 15.1. The first-order valence-electron chi connectivity index (χ1n) is 13.0. The number of nitrogens with one attached hydrogen (secondary N) is 3. The van der Waals surface area contributed by atoms with Gasteiger partial charge in [-0.15, -0.1) is 0 Å². The maximum absolute atomic E-state index is 9.56. The minimum Gasteiger partial charge on any atom is -0.392 e. The predicted octanol–water partition coefficient (Wildman–Crippen LogP) is 2.32. The highest BCUT2D eigenvalue weighted by molar-refractivity contribution is 4.83. The highest BCUT2D eigenvalue weighted by atomic mass is 16.5. The molecule has 0 amide bonds. The normalized spacial score (nSPS) is 33.0. The van der Waals surface area contributed by atoms with Crippen molar-refractivity contribution in [3.63, 3.8) is 0 Å². The van der Waals surface area contributed by atoms with Gasteiger partial charge in [0.05, 0.1) is 31.0 Å². The average Bonchev–Trinajstić information content (AvgIpc) is 3.10. The first-order valence-corrected chi connectivity index (χ1v) is 13.0. The van der Waals surface area contributed by atoms with E-state index in [1.165, 1.54) is 19.3 Å². The molecule has 0 aromatic heterocycles. The summed E-state index contributed by atoms with van der Waals surface area (Å²) >= 11 is 0. The fraction of sp³-hybridized carbons (Fsp3) is 1.00. The number of rotatable bonds is 6. The van der Waals surface area contributed by atoms with Crippen molar-refractivity contribution in [3.8, 4) is 0 Å². The van der Waals surface area contributed by atoms with Gasteiger partial charge in [0.15, 0.2) is 0 Å². The molecule has 7 nitrogen and oxygen atoms in total. The molecule has 1 heterocycles. The van der Waals surface area contributed by atoms with E-state index in [1.807, 2.05) is 0 Å². The summed E-state index contributed by atoms with van der Waals surface area (Å²) in [5.41, 5.74) is 0. The SMILES string of the molecule is CC(C)N[C@H]1CCCC[C@@H]1O.CC(C)N[C@H]1CCC[C@@H]1O.CC(C)N[C@H]1COCC[C@@H]1O. The third-order valence-corrected chi connectivity index (χ3v) is 6.17. The van der Waals surface area contributed by atoms with Crippen LogP contribution in [0.5, 0.6) is 0 Å². The van der Waals surface area contributed by atoms with Crippen molar-refractivity contribution in [1.29, 1.82) is 0 Å². The molecule has 0 unspecified atom stereocenters. The molecule has 32 heavy (non-hydrogen) atoms. The van der Waals surface area contributed by atoms with Crippen molar-refractivity contribution >= 4 is 0 Å². The van der Waals surface area contributed by atoms with E-state index in [4.69, 9.17) is 4.74 Å². The van der Waals surface area contributed by atoms with Crippen molar-refractivity contribution in [3.05, 3.63) is 0 Å². The molecule has 1 saturated heterocycles. The Labute approximate surface area is 197 Å². The van der Waals surface area contributed by atoms with Gasteiger partial charge in [-0.05, 0) is 38.5 Å². The molecule has 0 spiro atoms. The maximum atomic E-state index is 9.56. The highest BCUT2D eigenvalue weighted by Gasteiger charge is 2.25. The molecule has 6 N–H and O–H groups in total. The largest absolute Gasteiger partial charge is 0.392 e. The van der Waals surface area contributed by atoms with Crippen LogP contribution in [0.25, 0.3) is 0 Å². The minimum atomic E-state index is -0.230. The van der Waals surface area contributed by atoms with Crippen LogP contribution in [0.4, 0.5) is 0 Å². The number of ether oxygens (including phenoxy) is 1. The second-order valence-corrected chi connectivity index (χ2v) is 10.6. The van der Waals surface area contributed by atoms with Crippen LogP contribution in [0, 0.1) is 0 Å². The van der Waals surface area contributed by atoms with Crippen LogP contribution < -0.4 is 16.0 Å². The molecule has 0 radical (unpaired) electrons. The third kappa shape index (κ3) is 12.8. The fourth-order valence-corrected chi connectivity index (χ4v) is 4.61. The summed E-state index contributed by atoms with van der Waals surface area (Å²) in [5, 5.41) is 38.4. The average molecular weight is 460 g/mol. The second kappa shape index (κ2) is 16.4. The van der Waals surface area contributed by atoms with Crippen LogP contribution in [0.15, 0.2) is 0 Å². The standard InChI is InChI=1S/C9H19NO.C8H17NO2.C8H17NO/c1-7(2)10-8-5-3-4-6-9(8)11;1-6(2)9-7-5-11-4-3-8(7)10;1-6(2)9-7-4-3-5-8(7)10/h7-11H,3-6H2,1-2H3;6-10H,3-5H2,1-2H3;6-10H,3-5H2,1-2H3/t8-,9-;2*7-,8-/m000/s1. The minimum absolute atomic E-state index is 0.0950. The lowest BCUT2D eigenvalue weighted by atomic mass is 9.92. The van der Waals surface area contributed by atoms with E-state index in [1.54, 1.807) is 0 Å². The molecular weight excluding hydrogens is 406 g/mol. The Hall–Kier alpha value is -0.280. The Morgan fingerprint density at radius 3 is 1.41 bits per heavy atom. The molecule has 7 heteroatoms. The smallest absolute Gasteiger partial charge is 0.0737 e. The molecule has 2 aliphatic carbocycles. The lowest BCUT2D eigenvalue weighted by molar-refractivity contribution is -0.0178. The zero-order valence-electron chi connectivity index (χ0n) is 21.5. The van der Waals surface area contributed by atoms with E-state index in [2.05, 4.69) is 57.5 Å². The molecule has 3 rings (SSSR count). The van der Waals surface area contributed by atoms with Crippen LogP contribution >= 0.6 is 0 Å². The monoisotopic (exact) mass is 459 g/mol. The van der Waals surface area contributed by atoms with Crippen LogP contribution in [0.3, 0.4) is 0 Å². The van der Waals surface area contributed by atoms with Crippen molar-refractivity contribution in [2.24, 2.45) is 0 Å². The fourth-order valence-electron chi connectivity index (χ4n) is 4.61. The Morgan fingerprint density at radius 2 is 0.969 bits per heavy atom. The maximum Gasteiger partial charge on any atom is 0.0737 e. The van der Waals surface area contributed by atoms with E-state index in [0.29, 0.717) is 43.4 Å². The molecule has 3 aliphatic rings. The van der Waals surface area contributed by atoms with Crippen molar-refractivity contribution in [2.45, 2.75) is 147 Å². The molecule has 192 valence electrons. The molecule has 0 aromatic rings. The number of hydrogen-bond donors (Lipinski definition) is 6. The first kappa shape index (κ1) is 29.8. The van der Waals surface area contributed by atoms with Crippen LogP contribution in [-0.2, 0) is 4.74 Å². The number of hydrogen-bond acceptors (Lipinski definition) is 7. The van der Waals surface area contributed by atoms with Gasteiger partial charge in [-0.25, -0.2) is 0 Å². The van der Waals surface area contributed by atoms with Gasteiger partial charge in [0.1, 0.15) is 0 Å². The molecule has 2 saturated carbocycles. The van der Waals surface area contributed by atoms with E-state index in [0.717, 1.165) is 32.1 Å². The Morgan fingerprint density at radius 1 is 0.562 bits per heavy atom. The molecular formula is C25H53N3O4. The quantitative estimate of drug-likeness (QED) is 0.362. The van der Waals surface area contributed by atoms with Crippen LogP contribution in [-0.4, -0.2) is 83.1 Å². The van der Waals surface area contributed by atoms with Gasteiger partial charge in [-0.2, -0.15) is 0 Å². The van der Waals surface area contributed by atoms with Crippen molar-refractivity contribution in [1.82, 2.24) is 16.0 Å². The molecule has 0 aromatic carbocycles. The summed E-state index contributed by atoms with van der Waals surface area (Å²) < 4.78 is 5.23. The number of aliphatic hydroxyl groups is 3. The van der Waals surface area contributed by atoms with Gasteiger partial charge >= 0.3 is 0 Å². The highest BCUT2D eigenvalue weighted by Crippen LogP contribution is 2.19. The van der Waals surface area contributed by atoms with Gasteiger partial charge in [0.25, 0.3) is 0 Å². The summed E-state index contributed by atoms with van der Waals surface area (Å²) in [6.07, 6.45) is 8.18. The lowest BCUT2D eigenvalue weighted by Crippen LogP contribution is -2.49. The van der Waals surface area contributed by atoms with Gasteiger partial charge in [-0.1, -0.05) is 54.4 Å². The van der Waals surface area contributed by atoms with Crippen molar-refractivity contribution in [2.75, 3.05) is 13.2 Å². The van der Waals surface area contributed by atoms with Gasteiger partial charge < -0.3 is 36.0 Å². The Bertz CT molecular complexity index is 436. The molecule has 1 aliphatic heterocycles. The topological polar surface area (TPSA) is 106 Å². The molecule has 3 fully saturated rings. The molecule has 0 bridgehead atoms. The van der Waals surface area contributed by atoms with E-state index >= 15 is 0 Å². The van der Waals surface area contributed by atoms with Crippen LogP contribution in [0.1, 0.15) is 92.9 Å². The van der Waals surface area contributed by atoms with E-state index < -0.39 is 0 Å². The Balaban J connectivity index is 0.000000240. The summed E-state index contributed by atoms with van der Waals surface area (Å²) in [7, 11) is 0. The Kier molecular flexibility index (Phi) is 15.2. The summed E-state index contributed by atoms with van der Waals surface area (Å²) in [4.78, 5) is 0. The third-order valence-electron chi connectivity index (χ3n) is 6.17. The van der Waals surface area contributed by atoms with E-state index in [9.17, 15) is 15.3 Å². The second-order valence-electron chi connectivity index (χ2n) is 10.6. The van der Waals surface area contributed by atoms with Gasteiger partial charge in [0.2, 0.25) is 0 Å². The van der Waals surface area contributed by atoms with Gasteiger partial charge in [0, 0.05) is 36.8 Å². The molecule has 6 atom stereocenters. The van der Waals surface area contributed by atoms with Gasteiger partial charge in [-0.3, -0.25) is 0 Å². The summed E-state index contributed by atoms with van der Waals surface area (Å²) in [6, 6.07) is 2.24. The van der Waals surface area contributed by atoms with E-state index in [-0.39, 0.29) is 24.4 Å². The summed E-state index contributed by atoms with van der Waals surface area (Å²) in [5.74, 6) is 0. The zero-order valence-corrected chi connectivity index (χ0v) is 21.5.